The van der Waals surface area contributed by atoms with Crippen LogP contribution in [0.25, 0.3) is 0 Å². The standard InChI is InChI=1S/C21H22N2O3/c24-19(14-16-6-2-1-3-7-16)23-12-10-21(11-13-23)15-26-18-9-5-4-8-17(18)22-20(21)25/h1-9H,10-15H2,(H,22,25). The average Bonchev–Trinajstić information content (AvgIpc) is 2.81. The molecule has 1 saturated heterocycles. The van der Waals surface area contributed by atoms with Crippen molar-refractivity contribution in [2.24, 2.45) is 5.41 Å². The molecule has 26 heavy (non-hydrogen) atoms. The zero-order valence-corrected chi connectivity index (χ0v) is 14.6. The number of benzene rings is 2. The largest absolute Gasteiger partial charge is 0.490 e. The van der Waals surface area contributed by atoms with E-state index < -0.39 is 5.41 Å². The Labute approximate surface area is 153 Å². The molecule has 2 aromatic rings. The summed E-state index contributed by atoms with van der Waals surface area (Å²) in [6.45, 7) is 1.52. The zero-order chi connectivity index (χ0) is 18.0. The number of hydrogen-bond donors (Lipinski definition) is 1. The molecule has 5 heteroatoms. The number of rotatable bonds is 2. The van der Waals surface area contributed by atoms with Crippen LogP contribution in [-0.2, 0) is 16.0 Å². The minimum absolute atomic E-state index is 0.00221. The lowest BCUT2D eigenvalue weighted by atomic mass is 9.78. The molecule has 0 atom stereocenters. The molecule has 4 rings (SSSR count). The van der Waals surface area contributed by atoms with Gasteiger partial charge in [-0.15, -0.1) is 0 Å². The van der Waals surface area contributed by atoms with E-state index in [4.69, 9.17) is 4.74 Å². The van der Waals surface area contributed by atoms with Crippen LogP contribution in [0.4, 0.5) is 5.69 Å². The molecule has 5 nitrogen and oxygen atoms in total. The van der Waals surface area contributed by atoms with E-state index in [1.54, 1.807) is 0 Å². The number of likely N-dealkylation sites (tertiary alicyclic amines) is 1. The molecule has 0 unspecified atom stereocenters. The molecule has 0 bridgehead atoms. The van der Waals surface area contributed by atoms with Crippen molar-refractivity contribution in [2.75, 3.05) is 25.0 Å². The van der Waals surface area contributed by atoms with Crippen molar-refractivity contribution in [1.82, 2.24) is 4.90 Å². The first-order chi connectivity index (χ1) is 12.7. The smallest absolute Gasteiger partial charge is 0.234 e. The van der Waals surface area contributed by atoms with E-state index in [0.717, 1.165) is 11.3 Å². The Morgan fingerprint density at radius 2 is 1.73 bits per heavy atom. The van der Waals surface area contributed by atoms with Gasteiger partial charge in [-0.3, -0.25) is 9.59 Å². The molecule has 134 valence electrons. The Morgan fingerprint density at radius 1 is 1.04 bits per heavy atom. The van der Waals surface area contributed by atoms with Crippen molar-refractivity contribution in [3.8, 4) is 5.75 Å². The van der Waals surface area contributed by atoms with Gasteiger partial charge < -0.3 is 15.0 Å². The van der Waals surface area contributed by atoms with Gasteiger partial charge >= 0.3 is 0 Å². The van der Waals surface area contributed by atoms with Crippen LogP contribution in [0.15, 0.2) is 54.6 Å². The number of anilines is 1. The lowest BCUT2D eigenvalue weighted by molar-refractivity contribution is -0.138. The van der Waals surface area contributed by atoms with Crippen LogP contribution < -0.4 is 10.1 Å². The molecule has 0 aromatic heterocycles. The third-order valence-electron chi connectivity index (χ3n) is 5.39. The SMILES string of the molecule is O=C(Cc1ccccc1)N1CCC2(CC1)COc1ccccc1NC2=O. The molecule has 2 aliphatic rings. The summed E-state index contributed by atoms with van der Waals surface area (Å²) < 4.78 is 5.92. The maximum Gasteiger partial charge on any atom is 0.234 e. The maximum absolute atomic E-state index is 12.8. The van der Waals surface area contributed by atoms with Gasteiger partial charge in [0, 0.05) is 13.1 Å². The lowest BCUT2D eigenvalue weighted by Crippen LogP contribution is -2.50. The zero-order valence-electron chi connectivity index (χ0n) is 14.6. The number of carbonyl (C=O) groups is 2. The van der Waals surface area contributed by atoms with Gasteiger partial charge in [-0.25, -0.2) is 0 Å². The highest BCUT2D eigenvalue weighted by atomic mass is 16.5. The van der Waals surface area contributed by atoms with E-state index in [0.29, 0.717) is 44.7 Å². The molecule has 2 heterocycles. The minimum atomic E-state index is -0.567. The number of ether oxygens (including phenoxy) is 1. The molecule has 0 aliphatic carbocycles. The number of hydrogen-bond acceptors (Lipinski definition) is 3. The second-order valence-corrected chi connectivity index (χ2v) is 7.06. The molecule has 2 aliphatic heterocycles. The molecule has 2 aromatic carbocycles. The second kappa shape index (κ2) is 6.83. The van der Waals surface area contributed by atoms with E-state index in [9.17, 15) is 9.59 Å². The summed E-state index contributed by atoms with van der Waals surface area (Å²) in [4.78, 5) is 27.3. The molecular weight excluding hydrogens is 328 g/mol. The summed E-state index contributed by atoms with van der Waals surface area (Å²) in [5.41, 5.74) is 1.17. The predicted molar refractivity (Wildman–Crippen MR) is 99.0 cm³/mol. The van der Waals surface area contributed by atoms with E-state index in [1.807, 2.05) is 59.5 Å². The van der Waals surface area contributed by atoms with Crippen molar-refractivity contribution < 1.29 is 14.3 Å². The molecule has 1 fully saturated rings. The van der Waals surface area contributed by atoms with Crippen LogP contribution in [0.3, 0.4) is 0 Å². The van der Waals surface area contributed by atoms with Crippen LogP contribution in [0.2, 0.25) is 0 Å². The third kappa shape index (κ3) is 3.17. The first kappa shape index (κ1) is 16.6. The number of piperidine rings is 1. The summed E-state index contributed by atoms with van der Waals surface area (Å²) >= 11 is 0. The minimum Gasteiger partial charge on any atom is -0.490 e. The van der Waals surface area contributed by atoms with Crippen LogP contribution in [0, 0.1) is 5.41 Å². The maximum atomic E-state index is 12.8. The summed E-state index contributed by atoms with van der Waals surface area (Å²) in [7, 11) is 0. The molecule has 1 spiro atoms. The van der Waals surface area contributed by atoms with Gasteiger partial charge in [-0.2, -0.15) is 0 Å². The quantitative estimate of drug-likeness (QED) is 0.906. The van der Waals surface area contributed by atoms with Gasteiger partial charge in [-0.05, 0) is 30.5 Å². The van der Waals surface area contributed by atoms with Crippen molar-refractivity contribution in [2.45, 2.75) is 19.3 Å². The van der Waals surface area contributed by atoms with Gasteiger partial charge in [0.15, 0.2) is 0 Å². The average molecular weight is 350 g/mol. The fourth-order valence-corrected chi connectivity index (χ4v) is 3.67. The summed E-state index contributed by atoms with van der Waals surface area (Å²) in [6, 6.07) is 17.3. The highest BCUT2D eigenvalue weighted by Crippen LogP contribution is 2.38. The third-order valence-corrected chi connectivity index (χ3v) is 5.39. The van der Waals surface area contributed by atoms with Gasteiger partial charge in [0.05, 0.1) is 17.5 Å². The topological polar surface area (TPSA) is 58.6 Å². The monoisotopic (exact) mass is 350 g/mol. The summed E-state index contributed by atoms with van der Waals surface area (Å²) in [6.07, 6.45) is 1.64. The van der Waals surface area contributed by atoms with Gasteiger partial charge in [-0.1, -0.05) is 42.5 Å². The van der Waals surface area contributed by atoms with Crippen LogP contribution in [-0.4, -0.2) is 36.4 Å². The van der Waals surface area contributed by atoms with E-state index in [1.165, 1.54) is 0 Å². The van der Waals surface area contributed by atoms with Gasteiger partial charge in [0.2, 0.25) is 11.8 Å². The van der Waals surface area contributed by atoms with Crippen molar-refractivity contribution in [1.29, 1.82) is 0 Å². The fraction of sp³-hybridized carbons (Fsp3) is 0.333. The molecule has 1 N–H and O–H groups in total. The molecule has 0 radical (unpaired) electrons. The van der Waals surface area contributed by atoms with Crippen LogP contribution >= 0.6 is 0 Å². The Kier molecular flexibility index (Phi) is 4.37. The number of carbonyl (C=O) groups excluding carboxylic acids is 2. The second-order valence-electron chi connectivity index (χ2n) is 7.06. The predicted octanol–water partition coefficient (Wildman–Crippen LogP) is 2.87. The number of fused-ring (bicyclic) bond motifs is 1. The number of amides is 2. The first-order valence-corrected chi connectivity index (χ1v) is 9.01. The number of para-hydroxylation sites is 2. The first-order valence-electron chi connectivity index (χ1n) is 9.01. The highest BCUT2D eigenvalue weighted by Gasteiger charge is 2.44. The normalized spacial score (nSPS) is 18.5. The van der Waals surface area contributed by atoms with Crippen molar-refractivity contribution in [3.63, 3.8) is 0 Å². The molecule has 2 amide bonds. The van der Waals surface area contributed by atoms with E-state index >= 15 is 0 Å². The fourth-order valence-electron chi connectivity index (χ4n) is 3.67. The molecular formula is C21H22N2O3. The highest BCUT2D eigenvalue weighted by molar-refractivity contribution is 5.97. The van der Waals surface area contributed by atoms with Crippen LogP contribution in [0.1, 0.15) is 18.4 Å². The summed E-state index contributed by atoms with van der Waals surface area (Å²) in [5.74, 6) is 0.821. The molecule has 0 saturated carbocycles. The number of nitrogens with one attached hydrogen (secondary N) is 1. The van der Waals surface area contributed by atoms with E-state index in [-0.39, 0.29) is 11.8 Å². The summed E-state index contributed by atoms with van der Waals surface area (Å²) in [5, 5.41) is 3.00. The Hall–Kier alpha value is -2.82. The van der Waals surface area contributed by atoms with Crippen LogP contribution in [0.5, 0.6) is 5.75 Å². The Morgan fingerprint density at radius 3 is 2.50 bits per heavy atom. The Balaban J connectivity index is 1.41. The van der Waals surface area contributed by atoms with Crippen molar-refractivity contribution >= 4 is 17.5 Å². The van der Waals surface area contributed by atoms with Crippen molar-refractivity contribution in [3.05, 3.63) is 60.2 Å². The Bertz CT molecular complexity index is 811. The lowest BCUT2D eigenvalue weighted by Gasteiger charge is -2.39. The van der Waals surface area contributed by atoms with Gasteiger partial charge in [0.25, 0.3) is 0 Å². The van der Waals surface area contributed by atoms with E-state index in [2.05, 4.69) is 5.32 Å². The van der Waals surface area contributed by atoms with Gasteiger partial charge in [0.1, 0.15) is 12.4 Å². The number of nitrogens with zero attached hydrogens (tertiary/aromatic N) is 1.